The number of hydrogen-bond donors (Lipinski definition) is 0. The van der Waals surface area contributed by atoms with Gasteiger partial charge >= 0.3 is 18.9 Å². The van der Waals surface area contributed by atoms with Crippen LogP contribution in [0.3, 0.4) is 0 Å². The number of nitrogens with zero attached hydrogens (tertiary/aromatic N) is 4. The average molecular weight is 310 g/mol. The van der Waals surface area contributed by atoms with E-state index in [1.54, 1.807) is 31.1 Å². The molecular formula is C14H12FLiN4O3. The molecule has 3 rings (SSSR count). The van der Waals surface area contributed by atoms with Crippen molar-refractivity contribution in [2.45, 2.75) is 6.54 Å². The predicted molar refractivity (Wildman–Crippen MR) is 76.3 cm³/mol. The van der Waals surface area contributed by atoms with Crippen molar-refractivity contribution in [1.82, 2.24) is 14.2 Å². The first-order valence-corrected chi connectivity index (χ1v) is 6.47. The molecule has 2 heterocycles. The van der Waals surface area contributed by atoms with Crippen LogP contribution in [0, 0.1) is 5.82 Å². The van der Waals surface area contributed by atoms with Crippen LogP contribution in [-0.4, -0.2) is 34.2 Å². The third-order valence-corrected chi connectivity index (χ3v) is 3.31. The van der Waals surface area contributed by atoms with Crippen molar-refractivity contribution in [3.8, 4) is 0 Å². The Hall–Kier alpha value is -2.30. The molecule has 2 aromatic heterocycles. The Balaban J connectivity index is 0.00000192. The molecule has 23 heavy (non-hydrogen) atoms. The van der Waals surface area contributed by atoms with E-state index < -0.39 is 23.9 Å². The van der Waals surface area contributed by atoms with E-state index in [4.69, 9.17) is 0 Å². The fraction of sp³-hybridized carbons (Fsp3) is 0.214. The van der Waals surface area contributed by atoms with Gasteiger partial charge in [-0.05, 0) is 24.3 Å². The second kappa shape index (κ2) is 6.06. The molecule has 0 radical (unpaired) electrons. The molecule has 0 aliphatic rings. The normalized spacial score (nSPS) is 10.7. The maximum atomic E-state index is 13.5. The van der Waals surface area contributed by atoms with Crippen molar-refractivity contribution in [3.63, 3.8) is 0 Å². The van der Waals surface area contributed by atoms with Gasteiger partial charge in [-0.2, -0.15) is 0 Å². The molecule has 114 valence electrons. The molecule has 0 unspecified atom stereocenters. The summed E-state index contributed by atoms with van der Waals surface area (Å²) < 4.78 is 15.8. The fourth-order valence-electron chi connectivity index (χ4n) is 2.40. The van der Waals surface area contributed by atoms with Gasteiger partial charge in [-0.25, -0.2) is 9.07 Å². The maximum Gasteiger partial charge on any atom is 1.00 e. The Morgan fingerprint density at radius 1 is 1.30 bits per heavy atom. The number of fused-ring (bicyclic) bond motifs is 3. The SMILES string of the molecule is CN(C)c1nn(CC(=O)[O-])c(=O)c2cc3ccc(F)cc3n12.[Li+]. The summed E-state index contributed by atoms with van der Waals surface area (Å²) in [6, 6.07) is 5.74. The molecule has 0 spiro atoms. The van der Waals surface area contributed by atoms with Gasteiger partial charge in [0.2, 0.25) is 5.95 Å². The Morgan fingerprint density at radius 3 is 2.61 bits per heavy atom. The Bertz CT molecular complexity index is 964. The van der Waals surface area contributed by atoms with E-state index in [1.807, 2.05) is 0 Å². The van der Waals surface area contributed by atoms with E-state index in [2.05, 4.69) is 5.10 Å². The number of carboxylic acids is 1. The van der Waals surface area contributed by atoms with Gasteiger partial charge in [0.25, 0.3) is 5.56 Å². The topological polar surface area (TPSA) is 82.7 Å². The third-order valence-electron chi connectivity index (χ3n) is 3.31. The van der Waals surface area contributed by atoms with Gasteiger partial charge in [-0.3, -0.25) is 9.20 Å². The second-order valence-electron chi connectivity index (χ2n) is 5.10. The van der Waals surface area contributed by atoms with E-state index in [1.165, 1.54) is 16.5 Å². The first kappa shape index (κ1) is 17.1. The molecule has 0 amide bonds. The number of benzene rings is 1. The molecule has 0 N–H and O–H groups in total. The summed E-state index contributed by atoms with van der Waals surface area (Å²) in [7, 11) is 3.39. The van der Waals surface area contributed by atoms with E-state index in [-0.39, 0.29) is 24.4 Å². The minimum atomic E-state index is -1.41. The molecular weight excluding hydrogens is 298 g/mol. The van der Waals surface area contributed by atoms with Crippen molar-refractivity contribution >= 4 is 28.3 Å². The molecule has 7 nitrogen and oxygen atoms in total. The summed E-state index contributed by atoms with van der Waals surface area (Å²) >= 11 is 0. The van der Waals surface area contributed by atoms with Crippen LogP contribution < -0.4 is 34.4 Å². The summed E-state index contributed by atoms with van der Waals surface area (Å²) in [4.78, 5) is 24.8. The van der Waals surface area contributed by atoms with Gasteiger partial charge < -0.3 is 14.8 Å². The van der Waals surface area contributed by atoms with Gasteiger partial charge in [0.05, 0.1) is 18.0 Å². The summed E-state index contributed by atoms with van der Waals surface area (Å²) in [5, 5.41) is 15.5. The largest absolute Gasteiger partial charge is 1.00 e. The van der Waals surface area contributed by atoms with Crippen LogP contribution in [0.5, 0.6) is 0 Å². The van der Waals surface area contributed by atoms with Crippen LogP contribution in [0.15, 0.2) is 29.1 Å². The van der Waals surface area contributed by atoms with Crippen molar-refractivity contribution in [3.05, 3.63) is 40.4 Å². The van der Waals surface area contributed by atoms with Crippen molar-refractivity contribution in [2.75, 3.05) is 19.0 Å². The van der Waals surface area contributed by atoms with E-state index in [0.717, 1.165) is 4.68 Å². The second-order valence-corrected chi connectivity index (χ2v) is 5.10. The van der Waals surface area contributed by atoms with E-state index >= 15 is 0 Å². The van der Waals surface area contributed by atoms with Crippen LogP contribution in [0.2, 0.25) is 0 Å². The Labute approximate surface area is 142 Å². The fourth-order valence-corrected chi connectivity index (χ4v) is 2.40. The molecule has 0 saturated carbocycles. The number of hydrogen-bond acceptors (Lipinski definition) is 5. The number of anilines is 1. The zero-order valence-electron chi connectivity index (χ0n) is 12.9. The molecule has 1 aromatic carbocycles. The number of aliphatic carboxylic acids is 1. The quantitative estimate of drug-likeness (QED) is 0.471. The van der Waals surface area contributed by atoms with Gasteiger partial charge in [0.15, 0.2) is 0 Å². The third kappa shape index (κ3) is 2.83. The molecule has 3 aromatic rings. The number of halogens is 1. The van der Waals surface area contributed by atoms with Crippen LogP contribution in [0.4, 0.5) is 10.3 Å². The maximum absolute atomic E-state index is 13.5. The first-order valence-electron chi connectivity index (χ1n) is 6.47. The van der Waals surface area contributed by atoms with Gasteiger partial charge in [-0.1, -0.05) is 0 Å². The van der Waals surface area contributed by atoms with Crippen LogP contribution >= 0.6 is 0 Å². The standard InChI is InChI=1S/C14H13FN4O3.Li/c1-17(2)14-16-18(7-12(20)21)13(22)11-5-8-3-4-9(15)6-10(8)19(11)14;/h3-6H,7H2,1-2H3,(H,20,21);/q;+1/p-1. The average Bonchev–Trinajstić information content (AvgIpc) is 2.80. The van der Waals surface area contributed by atoms with Gasteiger partial charge in [0, 0.05) is 19.5 Å². The smallest absolute Gasteiger partial charge is 0.548 e. The monoisotopic (exact) mass is 310 g/mol. The van der Waals surface area contributed by atoms with Crippen molar-refractivity contribution < 1.29 is 33.2 Å². The summed E-state index contributed by atoms with van der Waals surface area (Å²) in [5.74, 6) is -1.53. The molecule has 0 bridgehead atoms. The van der Waals surface area contributed by atoms with E-state index in [9.17, 15) is 19.1 Å². The summed E-state index contributed by atoms with van der Waals surface area (Å²) in [5.41, 5.74) is 0.135. The molecule has 0 aliphatic carbocycles. The Morgan fingerprint density at radius 2 is 2.00 bits per heavy atom. The number of rotatable bonds is 3. The van der Waals surface area contributed by atoms with Gasteiger partial charge in [-0.15, -0.1) is 5.10 Å². The number of carbonyl (C=O) groups excluding carboxylic acids is 1. The van der Waals surface area contributed by atoms with Crippen LogP contribution in [-0.2, 0) is 11.3 Å². The molecule has 0 fully saturated rings. The van der Waals surface area contributed by atoms with Crippen molar-refractivity contribution in [1.29, 1.82) is 0 Å². The minimum absolute atomic E-state index is 0. The van der Waals surface area contributed by atoms with E-state index in [0.29, 0.717) is 16.9 Å². The van der Waals surface area contributed by atoms with Gasteiger partial charge in [0.1, 0.15) is 11.3 Å². The zero-order valence-corrected chi connectivity index (χ0v) is 12.9. The molecule has 0 saturated heterocycles. The predicted octanol–water partition coefficient (Wildman–Crippen LogP) is -3.39. The number of aromatic nitrogens is 3. The Kier molecular flexibility index (Phi) is 4.50. The van der Waals surface area contributed by atoms with Crippen LogP contribution in [0.25, 0.3) is 16.4 Å². The number of carbonyl (C=O) groups is 1. The minimum Gasteiger partial charge on any atom is -0.548 e. The number of carboxylic acid groups (broad SMARTS) is 1. The van der Waals surface area contributed by atoms with Crippen molar-refractivity contribution in [2.24, 2.45) is 0 Å². The molecule has 0 atom stereocenters. The zero-order chi connectivity index (χ0) is 16.0. The first-order chi connectivity index (χ1) is 10.4. The molecule has 0 aliphatic heterocycles. The molecule has 9 heteroatoms. The summed E-state index contributed by atoms with van der Waals surface area (Å²) in [6.45, 7) is -0.647. The summed E-state index contributed by atoms with van der Waals surface area (Å²) in [6.07, 6.45) is 0. The van der Waals surface area contributed by atoms with Crippen LogP contribution in [0.1, 0.15) is 0 Å².